The highest BCUT2D eigenvalue weighted by Gasteiger charge is 2.34. The third-order valence-corrected chi connectivity index (χ3v) is 5.20. The van der Waals surface area contributed by atoms with Crippen molar-refractivity contribution in [1.29, 1.82) is 0 Å². The predicted molar refractivity (Wildman–Crippen MR) is 94.0 cm³/mol. The van der Waals surface area contributed by atoms with Crippen molar-refractivity contribution in [2.75, 3.05) is 13.2 Å². The number of nitrogens with zero attached hydrogens (tertiary/aromatic N) is 2. The summed E-state index contributed by atoms with van der Waals surface area (Å²) in [6.07, 6.45) is 7.65. The van der Waals surface area contributed by atoms with Crippen LogP contribution in [0.15, 0.2) is 42.7 Å². The summed E-state index contributed by atoms with van der Waals surface area (Å²) in [5.41, 5.74) is 2.20. The van der Waals surface area contributed by atoms with Gasteiger partial charge in [-0.25, -0.2) is 4.79 Å². The van der Waals surface area contributed by atoms with E-state index in [1.807, 2.05) is 35.5 Å². The summed E-state index contributed by atoms with van der Waals surface area (Å²) in [6, 6.07) is 10.3. The number of likely N-dealkylation sites (tertiary alicyclic amines) is 1. The van der Waals surface area contributed by atoms with E-state index >= 15 is 0 Å². The van der Waals surface area contributed by atoms with E-state index in [4.69, 9.17) is 4.74 Å². The molecular formula is C19H24N4O2. The van der Waals surface area contributed by atoms with Crippen LogP contribution in [0.3, 0.4) is 0 Å². The smallest absolute Gasteiger partial charge is 0.318 e. The number of urea groups is 1. The topological polar surface area (TPSA) is 70.2 Å². The summed E-state index contributed by atoms with van der Waals surface area (Å²) in [5.74, 6) is 0. The number of ether oxygens (including phenoxy) is 1. The van der Waals surface area contributed by atoms with Crippen molar-refractivity contribution >= 4 is 6.03 Å². The zero-order valence-corrected chi connectivity index (χ0v) is 14.2. The number of nitrogens with one attached hydrogen (secondary N) is 2. The molecule has 3 heterocycles. The van der Waals surface area contributed by atoms with Gasteiger partial charge in [-0.2, -0.15) is 5.10 Å². The molecule has 0 saturated carbocycles. The predicted octanol–water partition coefficient (Wildman–Crippen LogP) is 3.18. The van der Waals surface area contributed by atoms with Crippen LogP contribution < -0.4 is 5.32 Å². The largest absolute Gasteiger partial charge is 0.371 e. The van der Waals surface area contributed by atoms with Gasteiger partial charge in [-0.05, 0) is 31.2 Å². The van der Waals surface area contributed by atoms with Crippen LogP contribution >= 0.6 is 0 Å². The third-order valence-electron chi connectivity index (χ3n) is 5.20. The molecular weight excluding hydrogens is 316 g/mol. The number of hydrogen-bond acceptors (Lipinski definition) is 3. The fraction of sp³-hybridized carbons (Fsp3) is 0.474. The Morgan fingerprint density at radius 1 is 1.20 bits per heavy atom. The molecule has 6 heteroatoms. The van der Waals surface area contributed by atoms with Crippen LogP contribution in [0.25, 0.3) is 0 Å². The number of rotatable bonds is 3. The number of piperidine rings is 1. The summed E-state index contributed by atoms with van der Waals surface area (Å²) < 4.78 is 5.89. The number of amides is 2. The third kappa shape index (κ3) is 3.39. The molecule has 2 aromatic rings. The fourth-order valence-electron chi connectivity index (χ4n) is 3.91. The first kappa shape index (κ1) is 16.1. The maximum absolute atomic E-state index is 13.0. The maximum Gasteiger partial charge on any atom is 0.318 e. The van der Waals surface area contributed by atoms with Gasteiger partial charge >= 0.3 is 6.03 Å². The van der Waals surface area contributed by atoms with Gasteiger partial charge in [0, 0.05) is 24.9 Å². The van der Waals surface area contributed by atoms with Gasteiger partial charge in [0.25, 0.3) is 0 Å². The summed E-state index contributed by atoms with van der Waals surface area (Å²) in [4.78, 5) is 14.9. The second-order valence-corrected chi connectivity index (χ2v) is 6.78. The Morgan fingerprint density at radius 3 is 2.88 bits per heavy atom. The lowest BCUT2D eigenvalue weighted by atomic mass is 9.97. The fourth-order valence-corrected chi connectivity index (χ4v) is 3.91. The minimum atomic E-state index is -0.0673. The first-order chi connectivity index (χ1) is 12.3. The molecule has 2 amide bonds. The Balaban J connectivity index is 1.47. The van der Waals surface area contributed by atoms with Gasteiger partial charge in [0.2, 0.25) is 0 Å². The lowest BCUT2D eigenvalue weighted by Crippen LogP contribution is -2.48. The van der Waals surface area contributed by atoms with Crippen LogP contribution in [-0.2, 0) is 4.74 Å². The quantitative estimate of drug-likeness (QED) is 0.901. The lowest BCUT2D eigenvalue weighted by molar-refractivity contribution is 0.0951. The molecule has 2 aliphatic heterocycles. The molecule has 25 heavy (non-hydrogen) atoms. The monoisotopic (exact) mass is 340 g/mol. The molecule has 2 fully saturated rings. The van der Waals surface area contributed by atoms with Gasteiger partial charge in [-0.3, -0.25) is 5.10 Å². The van der Waals surface area contributed by atoms with Crippen LogP contribution in [0.1, 0.15) is 49.0 Å². The van der Waals surface area contributed by atoms with Crippen molar-refractivity contribution in [2.24, 2.45) is 0 Å². The SMILES string of the molecule is O=C(N[C@@H]1CCO[C@@H]1c1ccccc1)N1CCCC[C@H]1c1cn[nH]c1. The molecule has 2 saturated heterocycles. The van der Waals surface area contributed by atoms with Gasteiger partial charge in [0.05, 0.1) is 18.3 Å². The summed E-state index contributed by atoms with van der Waals surface area (Å²) >= 11 is 0. The molecule has 6 nitrogen and oxygen atoms in total. The van der Waals surface area contributed by atoms with Gasteiger partial charge in [-0.1, -0.05) is 30.3 Å². The van der Waals surface area contributed by atoms with Crippen molar-refractivity contribution in [3.63, 3.8) is 0 Å². The molecule has 0 bridgehead atoms. The van der Waals surface area contributed by atoms with Crippen molar-refractivity contribution in [3.05, 3.63) is 53.9 Å². The van der Waals surface area contributed by atoms with E-state index in [0.29, 0.717) is 6.61 Å². The molecule has 3 atom stereocenters. The molecule has 132 valence electrons. The maximum atomic E-state index is 13.0. The van der Waals surface area contributed by atoms with Crippen LogP contribution in [-0.4, -0.2) is 40.3 Å². The molecule has 0 unspecified atom stereocenters. The average Bonchev–Trinajstić information content (AvgIpc) is 3.34. The van der Waals surface area contributed by atoms with E-state index in [-0.39, 0.29) is 24.2 Å². The van der Waals surface area contributed by atoms with Gasteiger partial charge in [0.15, 0.2) is 0 Å². The molecule has 4 rings (SSSR count). The van der Waals surface area contributed by atoms with E-state index in [1.54, 1.807) is 0 Å². The lowest BCUT2D eigenvalue weighted by Gasteiger charge is -2.36. The van der Waals surface area contributed by atoms with Gasteiger partial charge in [0.1, 0.15) is 6.10 Å². The van der Waals surface area contributed by atoms with Crippen molar-refractivity contribution < 1.29 is 9.53 Å². The Bertz CT molecular complexity index is 689. The normalized spacial score (nSPS) is 26.6. The molecule has 1 aromatic carbocycles. The molecule has 2 aliphatic rings. The van der Waals surface area contributed by atoms with Gasteiger partial charge < -0.3 is 15.0 Å². The first-order valence-corrected chi connectivity index (χ1v) is 9.05. The Labute approximate surface area is 147 Å². The molecule has 0 radical (unpaired) electrons. The molecule has 2 N–H and O–H groups in total. The second kappa shape index (κ2) is 7.27. The highest BCUT2D eigenvalue weighted by atomic mass is 16.5. The summed E-state index contributed by atoms with van der Waals surface area (Å²) in [5, 5.41) is 10.1. The highest BCUT2D eigenvalue weighted by Crippen LogP contribution is 2.32. The van der Waals surface area contributed by atoms with Crippen molar-refractivity contribution in [3.8, 4) is 0 Å². The number of carbonyl (C=O) groups is 1. The van der Waals surface area contributed by atoms with Crippen LogP contribution in [0.4, 0.5) is 4.79 Å². The van der Waals surface area contributed by atoms with E-state index in [9.17, 15) is 4.79 Å². The molecule has 0 spiro atoms. The summed E-state index contributed by atoms with van der Waals surface area (Å²) in [7, 11) is 0. The van der Waals surface area contributed by atoms with Crippen molar-refractivity contribution in [1.82, 2.24) is 20.4 Å². The van der Waals surface area contributed by atoms with Gasteiger partial charge in [-0.15, -0.1) is 0 Å². The Morgan fingerprint density at radius 2 is 2.08 bits per heavy atom. The van der Waals surface area contributed by atoms with E-state index < -0.39 is 0 Å². The Hall–Kier alpha value is -2.34. The van der Waals surface area contributed by atoms with E-state index in [2.05, 4.69) is 27.6 Å². The van der Waals surface area contributed by atoms with Crippen LogP contribution in [0.5, 0.6) is 0 Å². The molecule has 1 aromatic heterocycles. The first-order valence-electron chi connectivity index (χ1n) is 9.05. The molecule has 0 aliphatic carbocycles. The second-order valence-electron chi connectivity index (χ2n) is 6.78. The van der Waals surface area contributed by atoms with E-state index in [1.165, 1.54) is 0 Å². The average molecular weight is 340 g/mol. The zero-order valence-electron chi connectivity index (χ0n) is 14.2. The number of benzene rings is 1. The minimum Gasteiger partial charge on any atom is -0.371 e. The standard InChI is InChI=1S/C19H24N4O2/c24-19(23-10-5-4-8-17(23)15-12-20-21-13-15)22-16-9-11-25-18(16)14-6-2-1-3-7-14/h1-3,6-7,12-13,16-18H,4-5,8-11H2,(H,20,21)(H,22,24)/t16-,17+,18-/m1/s1. The number of carbonyl (C=O) groups excluding carboxylic acids is 1. The number of aromatic amines is 1. The number of H-pyrrole nitrogens is 1. The Kier molecular flexibility index (Phi) is 4.70. The van der Waals surface area contributed by atoms with Crippen LogP contribution in [0, 0.1) is 0 Å². The minimum absolute atomic E-state index is 0.00216. The number of aromatic nitrogens is 2. The number of hydrogen-bond donors (Lipinski definition) is 2. The zero-order chi connectivity index (χ0) is 17.1. The highest BCUT2D eigenvalue weighted by molar-refractivity contribution is 5.75. The van der Waals surface area contributed by atoms with Crippen molar-refractivity contribution in [2.45, 2.75) is 43.9 Å². The van der Waals surface area contributed by atoms with E-state index in [0.717, 1.165) is 43.4 Å². The summed E-state index contributed by atoms with van der Waals surface area (Å²) in [6.45, 7) is 1.46. The van der Waals surface area contributed by atoms with Crippen LogP contribution in [0.2, 0.25) is 0 Å².